The Bertz CT molecular complexity index is 486. The molecule has 0 aliphatic rings. The van der Waals surface area contributed by atoms with Crippen LogP contribution in [0, 0.1) is 10.7 Å². The molecule has 0 aliphatic heterocycles. The maximum Gasteiger partial charge on any atom is 0.255 e. The summed E-state index contributed by atoms with van der Waals surface area (Å²) in [4.78, 5) is 32.9. The van der Waals surface area contributed by atoms with Crippen molar-refractivity contribution >= 4 is 23.6 Å². The van der Waals surface area contributed by atoms with Gasteiger partial charge in [0, 0.05) is 35.3 Å². The lowest BCUT2D eigenvalue weighted by Crippen LogP contribution is -2.55. The Morgan fingerprint density at radius 1 is 1.47 bits per heavy atom. The second-order valence-corrected chi connectivity index (χ2v) is 3.16. The normalized spacial score (nSPS) is 10.2. The molecule has 0 unspecified atom stereocenters. The summed E-state index contributed by atoms with van der Waals surface area (Å²) in [5, 5.41) is 1.60. The van der Waals surface area contributed by atoms with Crippen molar-refractivity contribution in [3.05, 3.63) is 41.1 Å². The highest BCUT2D eigenvalue weighted by Gasteiger charge is 2.15. The number of nitrogens with zero attached hydrogens (tertiary/aromatic N) is 1. The molecule has 1 aromatic carbocycles. The van der Waals surface area contributed by atoms with E-state index < -0.39 is 11.7 Å². The van der Waals surface area contributed by atoms with Crippen molar-refractivity contribution in [2.24, 2.45) is 0 Å². The zero-order valence-electron chi connectivity index (χ0n) is 9.01. The van der Waals surface area contributed by atoms with Gasteiger partial charge in [-0.1, -0.05) is 0 Å². The zero-order chi connectivity index (χ0) is 12.8. The van der Waals surface area contributed by atoms with Gasteiger partial charge in [-0.3, -0.25) is 9.59 Å². The molecule has 0 heterocycles. The van der Waals surface area contributed by atoms with E-state index in [1.807, 2.05) is 0 Å². The average molecular weight is 237 g/mol. The van der Waals surface area contributed by atoms with Crippen molar-refractivity contribution in [1.82, 2.24) is 0 Å². The Labute approximate surface area is 96.5 Å². The number of halogens is 1. The van der Waals surface area contributed by atoms with Crippen LogP contribution in [0.4, 0.5) is 15.8 Å². The largest absolute Gasteiger partial charge is 0.309 e. The third-order valence-corrected chi connectivity index (χ3v) is 2.07. The number of benzene rings is 1. The fourth-order valence-corrected chi connectivity index (χ4v) is 1.19. The maximum atomic E-state index is 13.4. The number of aldehydes is 1. The molecule has 0 saturated heterocycles. The molecule has 88 valence electrons. The Balaban J connectivity index is 3.06. The van der Waals surface area contributed by atoms with Crippen molar-refractivity contribution in [3.63, 3.8) is 0 Å². The Kier molecular flexibility index (Phi) is 4.21. The number of carbonyl (C=O) groups is 2. The first-order valence-electron chi connectivity index (χ1n) is 4.67. The summed E-state index contributed by atoms with van der Waals surface area (Å²) < 4.78 is 13.4. The number of likely N-dealkylation sites (N-methyl/N-ethyl adjacent to an activating group) is 1. The van der Waals surface area contributed by atoms with Gasteiger partial charge in [0.15, 0.2) is 0 Å². The first-order chi connectivity index (χ1) is 8.10. The van der Waals surface area contributed by atoms with Crippen LogP contribution in [-0.2, 0) is 9.59 Å². The second kappa shape index (κ2) is 5.64. The van der Waals surface area contributed by atoms with Gasteiger partial charge in [-0.05, 0) is 12.1 Å². The van der Waals surface area contributed by atoms with Crippen LogP contribution in [0.3, 0.4) is 0 Å². The number of amides is 1. The molecule has 0 atom stereocenters. The topological polar surface area (TPSA) is 68.4 Å². The first kappa shape index (κ1) is 12.7. The van der Waals surface area contributed by atoms with Gasteiger partial charge in [0.2, 0.25) is 0 Å². The highest BCUT2D eigenvalue weighted by atomic mass is 19.1. The van der Waals surface area contributed by atoms with E-state index in [1.165, 1.54) is 19.2 Å². The molecule has 1 aromatic rings. The van der Waals surface area contributed by atoms with Gasteiger partial charge >= 0.3 is 0 Å². The Hall–Kier alpha value is -2.37. The Morgan fingerprint density at radius 2 is 2.18 bits per heavy atom. The van der Waals surface area contributed by atoms with Crippen molar-refractivity contribution in [2.75, 3.05) is 11.9 Å². The SMILES string of the molecule is CN(C(=O)/C=C\C=O)c1cc([NH+]=O)ccc1F. The van der Waals surface area contributed by atoms with Crippen LogP contribution in [0.15, 0.2) is 30.4 Å². The molecule has 0 bridgehead atoms. The number of hydrogen-bond acceptors (Lipinski definition) is 3. The molecule has 1 N–H and O–H groups in total. The van der Waals surface area contributed by atoms with Gasteiger partial charge in [0.05, 0.1) is 5.69 Å². The van der Waals surface area contributed by atoms with Crippen LogP contribution in [0.1, 0.15) is 0 Å². The Morgan fingerprint density at radius 3 is 2.76 bits per heavy atom. The van der Waals surface area contributed by atoms with Gasteiger partial charge < -0.3 is 4.90 Å². The van der Waals surface area contributed by atoms with E-state index in [2.05, 4.69) is 0 Å². The zero-order valence-corrected chi connectivity index (χ0v) is 9.01. The van der Waals surface area contributed by atoms with Gasteiger partial charge in [-0.15, -0.1) is 0 Å². The molecule has 17 heavy (non-hydrogen) atoms. The van der Waals surface area contributed by atoms with Crippen molar-refractivity contribution < 1.29 is 19.2 Å². The number of rotatable bonds is 4. The molecule has 0 spiro atoms. The standard InChI is InChI=1S/C11H9FN2O3/c1-14(11(16)3-2-6-15)10-7-8(13-17)4-5-9(10)12/h2-7H,1H3/p+1/b3-2-. The molecule has 0 radical (unpaired) electrons. The maximum absolute atomic E-state index is 13.4. The molecule has 0 aliphatic carbocycles. The smallest absolute Gasteiger partial charge is 0.255 e. The van der Waals surface area contributed by atoms with E-state index in [0.717, 1.165) is 23.1 Å². The summed E-state index contributed by atoms with van der Waals surface area (Å²) in [6, 6.07) is 3.53. The van der Waals surface area contributed by atoms with Gasteiger partial charge in [-0.25, -0.2) is 4.39 Å². The summed E-state index contributed by atoms with van der Waals surface area (Å²) in [7, 11) is 1.34. The molecule has 0 fully saturated rings. The summed E-state index contributed by atoms with van der Waals surface area (Å²) in [6.45, 7) is 0. The molecule has 0 saturated carbocycles. The first-order valence-corrected chi connectivity index (χ1v) is 4.67. The van der Waals surface area contributed by atoms with Gasteiger partial charge in [0.1, 0.15) is 12.1 Å². The van der Waals surface area contributed by atoms with E-state index in [-0.39, 0.29) is 11.4 Å². The van der Waals surface area contributed by atoms with Crippen LogP contribution in [0.5, 0.6) is 0 Å². The number of hydrogen-bond donors (Lipinski definition) is 1. The third kappa shape index (κ3) is 3.04. The minimum Gasteiger partial charge on any atom is -0.309 e. The van der Waals surface area contributed by atoms with Crippen LogP contribution in [-0.4, -0.2) is 19.2 Å². The summed E-state index contributed by atoms with van der Waals surface area (Å²) >= 11 is 0. The summed E-state index contributed by atoms with van der Waals surface area (Å²) in [5.41, 5.74) is 0.0896. The molecule has 1 rings (SSSR count). The number of nitrogens with one attached hydrogen (secondary N) is 1. The van der Waals surface area contributed by atoms with Gasteiger partial charge in [-0.2, -0.15) is 0 Å². The monoisotopic (exact) mass is 237 g/mol. The van der Waals surface area contributed by atoms with Gasteiger partial charge in [0.25, 0.3) is 11.6 Å². The van der Waals surface area contributed by atoms with E-state index in [1.54, 1.807) is 5.18 Å². The number of anilines is 1. The number of allylic oxidation sites excluding steroid dienone is 1. The van der Waals surface area contributed by atoms with Crippen LogP contribution in [0.25, 0.3) is 0 Å². The molecule has 6 heteroatoms. The van der Waals surface area contributed by atoms with E-state index in [4.69, 9.17) is 0 Å². The molecule has 0 aromatic heterocycles. The minimum absolute atomic E-state index is 0.0496. The predicted molar refractivity (Wildman–Crippen MR) is 59.0 cm³/mol. The lowest BCUT2D eigenvalue weighted by Gasteiger charge is -2.15. The number of nitroso groups, excluding NO2 is 1. The average Bonchev–Trinajstić information content (AvgIpc) is 2.35. The lowest BCUT2D eigenvalue weighted by atomic mass is 10.2. The van der Waals surface area contributed by atoms with Crippen molar-refractivity contribution in [2.45, 2.75) is 0 Å². The molecular weight excluding hydrogens is 227 g/mol. The van der Waals surface area contributed by atoms with Crippen molar-refractivity contribution in [3.8, 4) is 0 Å². The lowest BCUT2D eigenvalue weighted by molar-refractivity contribution is -0.379. The van der Waals surface area contributed by atoms with Crippen LogP contribution >= 0.6 is 0 Å². The fourth-order valence-electron chi connectivity index (χ4n) is 1.19. The summed E-state index contributed by atoms with van der Waals surface area (Å²) in [5.74, 6) is -1.21. The third-order valence-electron chi connectivity index (χ3n) is 2.07. The molecule has 1 amide bonds. The van der Waals surface area contributed by atoms with Crippen molar-refractivity contribution in [1.29, 1.82) is 0 Å². The van der Waals surface area contributed by atoms with Crippen LogP contribution < -0.4 is 10.1 Å². The fraction of sp³-hybridized carbons (Fsp3) is 0.0909. The minimum atomic E-state index is -0.639. The quantitative estimate of drug-likeness (QED) is 0.593. The summed E-state index contributed by atoms with van der Waals surface area (Å²) in [6.07, 6.45) is 2.45. The van der Waals surface area contributed by atoms with E-state index >= 15 is 0 Å². The van der Waals surface area contributed by atoms with E-state index in [0.29, 0.717) is 6.29 Å². The van der Waals surface area contributed by atoms with E-state index in [9.17, 15) is 18.9 Å². The molecule has 5 nitrogen and oxygen atoms in total. The molecular formula is C11H10FN2O3+. The highest BCUT2D eigenvalue weighted by Crippen LogP contribution is 2.20. The second-order valence-electron chi connectivity index (χ2n) is 3.16. The highest BCUT2D eigenvalue weighted by molar-refractivity contribution is 6.02. The predicted octanol–water partition coefficient (Wildman–Crippen LogP) is 0.0221. The number of carbonyl (C=O) groups excluding carboxylic acids is 2. The van der Waals surface area contributed by atoms with Crippen LogP contribution in [0.2, 0.25) is 0 Å².